The Morgan fingerprint density at radius 1 is 1.29 bits per heavy atom. The van der Waals surface area contributed by atoms with Gasteiger partial charge in [-0.25, -0.2) is 0 Å². The molecule has 0 amide bonds. The van der Waals surface area contributed by atoms with Crippen LogP contribution in [0.1, 0.15) is 35.2 Å². The van der Waals surface area contributed by atoms with Crippen LogP contribution in [0.25, 0.3) is 0 Å². The van der Waals surface area contributed by atoms with Crippen LogP contribution in [0.15, 0.2) is 30.3 Å². The number of hydrogen-bond acceptors (Lipinski definition) is 7. The summed E-state index contributed by atoms with van der Waals surface area (Å²) in [6.07, 6.45) is 3.46. The molecule has 0 saturated carbocycles. The zero-order chi connectivity index (χ0) is 19.8. The number of benzene rings is 1. The van der Waals surface area contributed by atoms with Crippen LogP contribution in [0.5, 0.6) is 17.5 Å². The summed E-state index contributed by atoms with van der Waals surface area (Å²) in [6, 6.07) is 9.85. The zero-order valence-electron chi connectivity index (χ0n) is 15.3. The molecule has 0 bridgehead atoms. The molecule has 1 aliphatic heterocycles. The largest absolute Gasteiger partial charge is 0.474 e. The molecule has 1 atom stereocenters. The molecule has 7 nitrogen and oxygen atoms in total. The van der Waals surface area contributed by atoms with E-state index in [2.05, 4.69) is 4.98 Å². The van der Waals surface area contributed by atoms with Crippen molar-refractivity contribution < 1.29 is 23.7 Å². The van der Waals surface area contributed by atoms with Gasteiger partial charge in [0.2, 0.25) is 11.8 Å². The average molecular weight is 378 g/mol. The van der Waals surface area contributed by atoms with Crippen LogP contribution >= 0.6 is 0 Å². The number of ether oxygens (including phenoxy) is 4. The number of pyridine rings is 1. The van der Waals surface area contributed by atoms with Gasteiger partial charge in [0, 0.05) is 18.2 Å². The summed E-state index contributed by atoms with van der Waals surface area (Å²) in [4.78, 5) is 15.2. The summed E-state index contributed by atoms with van der Waals surface area (Å²) < 4.78 is 22.3. The van der Waals surface area contributed by atoms with Gasteiger partial charge < -0.3 is 18.9 Å². The minimum absolute atomic E-state index is 0.152. The van der Waals surface area contributed by atoms with Gasteiger partial charge in [0.15, 0.2) is 6.29 Å². The predicted octanol–water partition coefficient (Wildman–Crippen LogP) is 2.27. The highest BCUT2D eigenvalue weighted by Crippen LogP contribution is 2.24. The maximum absolute atomic E-state index is 11.0. The fraction of sp³-hybridized carbons (Fsp3) is 0.350. The molecule has 0 N–H and O–H groups in total. The predicted molar refractivity (Wildman–Crippen MR) is 101 cm³/mol. The minimum Gasteiger partial charge on any atom is -0.474 e. The van der Waals surface area contributed by atoms with Crippen molar-refractivity contribution in [1.82, 2.24) is 4.98 Å². The van der Waals surface area contributed by atoms with Gasteiger partial charge in [0.1, 0.15) is 38.1 Å². The molecule has 0 aliphatic carbocycles. The van der Waals surface area contributed by atoms with E-state index in [1.807, 2.05) is 6.07 Å². The molecule has 8 heteroatoms. The summed E-state index contributed by atoms with van der Waals surface area (Å²) >= 11 is 0. The third-order valence-electron chi connectivity index (χ3n) is 4.13. The highest BCUT2D eigenvalue weighted by atomic mass is 16.7. The topological polar surface area (TPSA) is 90.7 Å². The fourth-order valence-electron chi connectivity index (χ4n) is 2.68. The Labute approximate surface area is 164 Å². The second kappa shape index (κ2) is 9.88. The molecular weight excluding hydrogens is 359 g/mol. The Bertz CT molecular complexity index is 862. The molecule has 2 aromatic rings. The molecule has 1 aromatic heterocycles. The van der Waals surface area contributed by atoms with Crippen molar-refractivity contribution in [3.63, 3.8) is 0 Å². The first-order valence-corrected chi connectivity index (χ1v) is 8.99. The van der Waals surface area contributed by atoms with Crippen LogP contribution in [0, 0.1) is 11.3 Å². The van der Waals surface area contributed by atoms with Crippen LogP contribution in [-0.2, 0) is 9.47 Å². The Kier molecular flexibility index (Phi) is 7.01. The van der Waals surface area contributed by atoms with E-state index >= 15 is 0 Å². The van der Waals surface area contributed by atoms with Crippen molar-refractivity contribution in [2.75, 3.05) is 19.8 Å². The fourth-order valence-corrected chi connectivity index (χ4v) is 2.68. The Morgan fingerprint density at radius 2 is 2.18 bits per heavy atom. The number of rotatable bonds is 8. The van der Waals surface area contributed by atoms with Gasteiger partial charge in [-0.05, 0) is 37.5 Å². The van der Waals surface area contributed by atoms with Gasteiger partial charge >= 0.3 is 0 Å². The van der Waals surface area contributed by atoms with Crippen LogP contribution in [-0.4, -0.2) is 45.2 Å². The van der Waals surface area contributed by atoms with Gasteiger partial charge in [-0.3, -0.25) is 4.79 Å². The SMILES string of the molecule is [B]c1ccc(Oc2ccc(C#N)c(OCCOC3CCCCO3)n2)cc1C=O. The van der Waals surface area contributed by atoms with Crippen molar-refractivity contribution in [1.29, 1.82) is 5.26 Å². The van der Waals surface area contributed by atoms with Crippen LogP contribution in [0.3, 0.4) is 0 Å². The van der Waals surface area contributed by atoms with Gasteiger partial charge in [0.25, 0.3) is 0 Å². The van der Waals surface area contributed by atoms with Crippen molar-refractivity contribution in [3.05, 3.63) is 41.5 Å². The van der Waals surface area contributed by atoms with E-state index in [0.717, 1.165) is 19.3 Å². The molecule has 142 valence electrons. The summed E-state index contributed by atoms with van der Waals surface area (Å²) in [6.45, 7) is 1.26. The summed E-state index contributed by atoms with van der Waals surface area (Å²) in [5, 5.41) is 9.24. The van der Waals surface area contributed by atoms with Crippen LogP contribution < -0.4 is 14.9 Å². The zero-order valence-corrected chi connectivity index (χ0v) is 15.3. The smallest absolute Gasteiger partial charge is 0.235 e. The van der Waals surface area contributed by atoms with Crippen molar-refractivity contribution >= 4 is 19.6 Å². The van der Waals surface area contributed by atoms with E-state index < -0.39 is 0 Å². The second-order valence-corrected chi connectivity index (χ2v) is 6.14. The molecule has 2 radical (unpaired) electrons. The molecule has 3 rings (SSSR count). The van der Waals surface area contributed by atoms with Crippen molar-refractivity contribution in [3.8, 4) is 23.6 Å². The summed E-state index contributed by atoms with van der Waals surface area (Å²) in [5.74, 6) is 0.781. The number of aldehydes is 1. The molecular formula is C20H19BN2O5. The lowest BCUT2D eigenvalue weighted by Crippen LogP contribution is -2.24. The molecule has 1 aromatic carbocycles. The highest BCUT2D eigenvalue weighted by Gasteiger charge is 2.14. The molecule has 0 spiro atoms. The van der Waals surface area contributed by atoms with E-state index in [9.17, 15) is 10.1 Å². The van der Waals surface area contributed by atoms with Gasteiger partial charge in [-0.15, -0.1) is 0 Å². The average Bonchev–Trinajstić information content (AvgIpc) is 2.73. The van der Waals surface area contributed by atoms with Gasteiger partial charge in [0.05, 0.1) is 6.61 Å². The number of nitrogens with zero attached hydrogens (tertiary/aromatic N) is 2. The van der Waals surface area contributed by atoms with Crippen molar-refractivity contribution in [2.45, 2.75) is 25.6 Å². The lowest BCUT2D eigenvalue weighted by Gasteiger charge is -2.22. The molecule has 28 heavy (non-hydrogen) atoms. The molecule has 1 fully saturated rings. The van der Waals surface area contributed by atoms with E-state index in [1.54, 1.807) is 24.3 Å². The Hall–Kier alpha value is -2.89. The first-order chi connectivity index (χ1) is 13.7. The maximum atomic E-state index is 11.0. The first-order valence-electron chi connectivity index (χ1n) is 8.99. The lowest BCUT2D eigenvalue weighted by molar-refractivity contribution is -0.165. The highest BCUT2D eigenvalue weighted by molar-refractivity contribution is 6.35. The van der Waals surface area contributed by atoms with Crippen LogP contribution in [0.4, 0.5) is 0 Å². The van der Waals surface area contributed by atoms with Gasteiger partial charge in [-0.2, -0.15) is 10.2 Å². The minimum atomic E-state index is -0.201. The van der Waals surface area contributed by atoms with E-state index in [1.165, 1.54) is 6.07 Å². The molecule has 2 heterocycles. The summed E-state index contributed by atoms with van der Waals surface area (Å²) in [5.41, 5.74) is 0.970. The van der Waals surface area contributed by atoms with Crippen molar-refractivity contribution in [2.24, 2.45) is 0 Å². The van der Waals surface area contributed by atoms with Crippen LogP contribution in [0.2, 0.25) is 0 Å². The number of carbonyl (C=O) groups is 1. The van der Waals surface area contributed by atoms with Gasteiger partial charge in [-0.1, -0.05) is 11.5 Å². The monoisotopic (exact) mass is 378 g/mol. The number of aromatic nitrogens is 1. The number of nitriles is 1. The second-order valence-electron chi connectivity index (χ2n) is 6.14. The quantitative estimate of drug-likeness (QED) is 0.395. The number of carbonyl (C=O) groups excluding carboxylic acids is 1. The van der Waals surface area contributed by atoms with E-state index in [4.69, 9.17) is 26.8 Å². The third kappa shape index (κ3) is 5.32. The summed E-state index contributed by atoms with van der Waals surface area (Å²) in [7, 11) is 5.70. The Morgan fingerprint density at radius 3 is 2.93 bits per heavy atom. The molecule has 1 aliphatic rings. The Balaban J connectivity index is 1.61. The third-order valence-corrected chi connectivity index (χ3v) is 4.13. The molecule has 1 unspecified atom stereocenters. The molecule has 1 saturated heterocycles. The van der Waals surface area contributed by atoms with E-state index in [0.29, 0.717) is 36.3 Å². The number of hydrogen-bond donors (Lipinski definition) is 0. The first kappa shape index (κ1) is 19.9. The lowest BCUT2D eigenvalue weighted by atomic mass is 9.91. The standard InChI is InChI=1S/C20H19BN2O5/c21-17-6-5-16(11-15(17)13-24)28-18-7-4-14(12-22)20(23-18)27-10-9-26-19-3-1-2-8-25-19/h4-7,11,13,19H,1-3,8-10H2. The van der Waals surface area contributed by atoms with E-state index in [-0.39, 0.29) is 30.2 Å². The normalized spacial score (nSPS) is 16.2. The maximum Gasteiger partial charge on any atom is 0.235 e.